The monoisotopic (exact) mass is 276 g/mol. The second-order valence-corrected chi connectivity index (χ2v) is 4.41. The molecule has 0 atom stereocenters. The number of nitriles is 1. The van der Waals surface area contributed by atoms with Crippen molar-refractivity contribution in [2.45, 2.75) is 0 Å². The molecule has 0 amide bonds. The molecule has 0 fully saturated rings. The minimum atomic E-state index is 0.452. The van der Waals surface area contributed by atoms with E-state index in [1.807, 2.05) is 36.4 Å². The van der Waals surface area contributed by atoms with Crippen LogP contribution in [0.2, 0.25) is 0 Å². The first-order valence-electron chi connectivity index (χ1n) is 6.41. The first kappa shape index (κ1) is 12.9. The first-order chi connectivity index (χ1) is 10.3. The molecule has 3 aromatic rings. The smallest absolute Gasteiger partial charge is 0.176 e. The van der Waals surface area contributed by atoms with E-state index in [0.717, 1.165) is 5.39 Å². The van der Waals surface area contributed by atoms with Crippen LogP contribution in [0.1, 0.15) is 11.5 Å². The Kier molecular flexibility index (Phi) is 3.40. The lowest BCUT2D eigenvalue weighted by Crippen LogP contribution is -1.85. The van der Waals surface area contributed by atoms with Crippen LogP contribution in [0.5, 0.6) is 5.75 Å². The van der Waals surface area contributed by atoms with Gasteiger partial charge in [-0.25, -0.2) is 0 Å². The summed E-state index contributed by atoms with van der Waals surface area (Å²) in [6.45, 7) is 0. The van der Waals surface area contributed by atoms with Crippen LogP contribution in [0.15, 0.2) is 53.1 Å². The molecule has 0 bridgehead atoms. The Morgan fingerprint density at radius 2 is 2.19 bits per heavy atom. The van der Waals surface area contributed by atoms with E-state index in [9.17, 15) is 5.26 Å². The number of pyridine rings is 1. The molecule has 0 aliphatic carbocycles. The number of para-hydroxylation sites is 1. The van der Waals surface area contributed by atoms with Gasteiger partial charge in [0.15, 0.2) is 11.3 Å². The fourth-order valence-electron chi connectivity index (χ4n) is 2.12. The fraction of sp³-hybridized carbons (Fsp3) is 0.0588. The summed E-state index contributed by atoms with van der Waals surface area (Å²) < 4.78 is 11.0. The SMILES string of the molecule is COc1cccc2cc(/C=C(\C#N)c3ccccn3)oc12. The number of hydrogen-bond acceptors (Lipinski definition) is 4. The van der Waals surface area contributed by atoms with Crippen LogP contribution in [0, 0.1) is 11.3 Å². The van der Waals surface area contributed by atoms with Crippen LogP contribution in [-0.2, 0) is 0 Å². The highest BCUT2D eigenvalue weighted by Crippen LogP contribution is 2.30. The number of nitrogens with zero attached hydrogens (tertiary/aromatic N) is 2. The van der Waals surface area contributed by atoms with Gasteiger partial charge in [-0.3, -0.25) is 4.98 Å². The van der Waals surface area contributed by atoms with Gasteiger partial charge in [0.05, 0.1) is 18.4 Å². The second kappa shape index (κ2) is 5.51. The summed E-state index contributed by atoms with van der Waals surface area (Å²) >= 11 is 0. The molecule has 0 saturated carbocycles. The van der Waals surface area contributed by atoms with E-state index >= 15 is 0 Å². The number of aromatic nitrogens is 1. The van der Waals surface area contributed by atoms with Crippen LogP contribution in [0.25, 0.3) is 22.6 Å². The lowest BCUT2D eigenvalue weighted by Gasteiger charge is -1.98. The van der Waals surface area contributed by atoms with Gasteiger partial charge in [0.2, 0.25) is 0 Å². The van der Waals surface area contributed by atoms with E-state index < -0.39 is 0 Å². The van der Waals surface area contributed by atoms with Crippen molar-refractivity contribution in [3.63, 3.8) is 0 Å². The Balaban J connectivity index is 2.08. The lowest BCUT2D eigenvalue weighted by atomic mass is 10.1. The average molecular weight is 276 g/mol. The van der Waals surface area contributed by atoms with E-state index in [2.05, 4.69) is 11.1 Å². The Morgan fingerprint density at radius 1 is 1.29 bits per heavy atom. The van der Waals surface area contributed by atoms with Gasteiger partial charge in [-0.2, -0.15) is 5.26 Å². The summed E-state index contributed by atoms with van der Waals surface area (Å²) in [5, 5.41) is 10.2. The summed E-state index contributed by atoms with van der Waals surface area (Å²) in [7, 11) is 1.60. The average Bonchev–Trinajstić information content (AvgIpc) is 2.96. The van der Waals surface area contributed by atoms with Crippen LogP contribution >= 0.6 is 0 Å². The van der Waals surface area contributed by atoms with Gasteiger partial charge in [-0.1, -0.05) is 18.2 Å². The number of furan rings is 1. The molecule has 4 heteroatoms. The largest absolute Gasteiger partial charge is 0.493 e. The highest BCUT2D eigenvalue weighted by atomic mass is 16.5. The van der Waals surface area contributed by atoms with Crippen molar-refractivity contribution in [2.24, 2.45) is 0 Å². The molecule has 2 aromatic heterocycles. The highest BCUT2D eigenvalue weighted by molar-refractivity contribution is 5.91. The maximum absolute atomic E-state index is 9.29. The summed E-state index contributed by atoms with van der Waals surface area (Å²) in [6.07, 6.45) is 3.34. The number of hydrogen-bond donors (Lipinski definition) is 0. The molecule has 1 aromatic carbocycles. The number of ether oxygens (including phenoxy) is 1. The summed E-state index contributed by atoms with van der Waals surface area (Å²) in [5.74, 6) is 1.26. The Hall–Kier alpha value is -3.06. The van der Waals surface area contributed by atoms with Gasteiger partial charge in [-0.05, 0) is 24.3 Å². The van der Waals surface area contributed by atoms with Crippen molar-refractivity contribution in [2.75, 3.05) is 7.11 Å². The normalized spacial score (nSPS) is 11.3. The van der Waals surface area contributed by atoms with Crippen molar-refractivity contribution in [1.82, 2.24) is 4.98 Å². The quantitative estimate of drug-likeness (QED) is 0.681. The third-order valence-electron chi connectivity index (χ3n) is 3.09. The van der Waals surface area contributed by atoms with Gasteiger partial charge < -0.3 is 9.15 Å². The molecule has 102 valence electrons. The van der Waals surface area contributed by atoms with Gasteiger partial charge in [-0.15, -0.1) is 0 Å². The van der Waals surface area contributed by atoms with Crippen LogP contribution in [0.4, 0.5) is 0 Å². The Labute approximate surface area is 121 Å². The molecule has 3 rings (SSSR count). The molecule has 0 unspecified atom stereocenters. The zero-order valence-electron chi connectivity index (χ0n) is 11.4. The molecule has 0 radical (unpaired) electrons. The van der Waals surface area contributed by atoms with E-state index in [0.29, 0.717) is 28.4 Å². The van der Waals surface area contributed by atoms with Gasteiger partial charge in [0, 0.05) is 17.7 Å². The predicted molar refractivity (Wildman–Crippen MR) is 80.5 cm³/mol. The van der Waals surface area contributed by atoms with Gasteiger partial charge in [0.25, 0.3) is 0 Å². The minimum absolute atomic E-state index is 0.452. The van der Waals surface area contributed by atoms with E-state index in [1.54, 1.807) is 25.4 Å². The molecule has 0 aliphatic rings. The molecule has 0 saturated heterocycles. The number of rotatable bonds is 3. The van der Waals surface area contributed by atoms with E-state index in [1.165, 1.54) is 0 Å². The Morgan fingerprint density at radius 3 is 2.90 bits per heavy atom. The predicted octanol–water partition coefficient (Wildman–Crippen LogP) is 3.90. The third-order valence-corrected chi connectivity index (χ3v) is 3.09. The summed E-state index contributed by atoms with van der Waals surface area (Å²) in [4.78, 5) is 4.18. The highest BCUT2D eigenvalue weighted by Gasteiger charge is 2.09. The topological polar surface area (TPSA) is 59.0 Å². The van der Waals surface area contributed by atoms with Crippen molar-refractivity contribution in [3.8, 4) is 11.8 Å². The standard InChI is InChI=1S/C17H12N2O2/c1-20-16-7-4-5-12-9-14(21-17(12)16)10-13(11-18)15-6-2-3-8-19-15/h2-10H,1H3/b13-10+. The Bertz CT molecular complexity index is 842. The number of allylic oxidation sites excluding steroid dienone is 1. The minimum Gasteiger partial charge on any atom is -0.493 e. The zero-order chi connectivity index (χ0) is 14.7. The number of methoxy groups -OCH3 is 1. The van der Waals surface area contributed by atoms with Crippen LogP contribution in [-0.4, -0.2) is 12.1 Å². The van der Waals surface area contributed by atoms with Gasteiger partial charge >= 0.3 is 0 Å². The maximum Gasteiger partial charge on any atom is 0.176 e. The summed E-state index contributed by atoms with van der Waals surface area (Å²) in [5.41, 5.74) is 1.74. The van der Waals surface area contributed by atoms with Crippen molar-refractivity contribution in [3.05, 3.63) is 60.1 Å². The molecule has 4 nitrogen and oxygen atoms in total. The molecular formula is C17H12N2O2. The summed E-state index contributed by atoms with van der Waals surface area (Å²) in [6, 6.07) is 15.1. The fourth-order valence-corrected chi connectivity index (χ4v) is 2.12. The third kappa shape index (κ3) is 2.49. The van der Waals surface area contributed by atoms with E-state index in [4.69, 9.17) is 9.15 Å². The number of benzene rings is 1. The van der Waals surface area contributed by atoms with E-state index in [-0.39, 0.29) is 0 Å². The van der Waals surface area contributed by atoms with Gasteiger partial charge in [0.1, 0.15) is 11.8 Å². The zero-order valence-corrected chi connectivity index (χ0v) is 11.4. The number of fused-ring (bicyclic) bond motifs is 1. The molecule has 0 N–H and O–H groups in total. The van der Waals surface area contributed by atoms with Crippen molar-refractivity contribution < 1.29 is 9.15 Å². The van der Waals surface area contributed by atoms with Crippen molar-refractivity contribution >= 4 is 22.6 Å². The molecule has 0 spiro atoms. The molecular weight excluding hydrogens is 264 g/mol. The second-order valence-electron chi connectivity index (χ2n) is 4.41. The molecule has 0 aliphatic heterocycles. The van der Waals surface area contributed by atoms with Crippen molar-refractivity contribution in [1.29, 1.82) is 5.26 Å². The van der Waals surface area contributed by atoms with Crippen LogP contribution < -0.4 is 4.74 Å². The molecule has 21 heavy (non-hydrogen) atoms. The van der Waals surface area contributed by atoms with Crippen LogP contribution in [0.3, 0.4) is 0 Å². The molecule has 2 heterocycles. The maximum atomic E-state index is 9.29. The lowest BCUT2D eigenvalue weighted by molar-refractivity contribution is 0.410. The first-order valence-corrected chi connectivity index (χ1v) is 6.41.